The standard InChI is InChI=1S/C20H18Cl2N4O4/c1-3-26-20(29)14-7-5-4-6-13(14)17(25-26)19(28)24-23-18(27)11(2)30-16-9-8-12(21)10-15(16)22/h4-11H,3H2,1-2H3,(H,23,27)(H,24,28). The molecule has 3 rings (SSSR count). The van der Waals surface area contributed by atoms with Crippen molar-refractivity contribution in [2.45, 2.75) is 26.5 Å². The highest BCUT2D eigenvalue weighted by Crippen LogP contribution is 2.28. The van der Waals surface area contributed by atoms with Crippen molar-refractivity contribution >= 4 is 45.8 Å². The van der Waals surface area contributed by atoms with Gasteiger partial charge in [-0.15, -0.1) is 0 Å². The molecule has 2 amide bonds. The molecular formula is C20H18Cl2N4O4. The minimum atomic E-state index is -0.960. The van der Waals surface area contributed by atoms with Gasteiger partial charge < -0.3 is 4.74 Å². The first-order valence-electron chi connectivity index (χ1n) is 9.03. The van der Waals surface area contributed by atoms with Crippen LogP contribution in [-0.4, -0.2) is 27.7 Å². The van der Waals surface area contributed by atoms with E-state index in [9.17, 15) is 14.4 Å². The van der Waals surface area contributed by atoms with E-state index < -0.39 is 17.9 Å². The predicted octanol–water partition coefficient (Wildman–Crippen LogP) is 2.95. The molecule has 1 unspecified atom stereocenters. The maximum Gasteiger partial charge on any atom is 0.290 e. The molecule has 0 saturated heterocycles. The maximum absolute atomic E-state index is 12.6. The summed E-state index contributed by atoms with van der Waals surface area (Å²) in [7, 11) is 0. The minimum Gasteiger partial charge on any atom is -0.479 e. The van der Waals surface area contributed by atoms with Gasteiger partial charge in [0, 0.05) is 17.0 Å². The molecule has 0 aliphatic carbocycles. The average Bonchev–Trinajstić information content (AvgIpc) is 2.74. The molecule has 0 aliphatic rings. The number of benzene rings is 2. The minimum absolute atomic E-state index is 0.0154. The van der Waals surface area contributed by atoms with E-state index in [-0.39, 0.29) is 22.0 Å². The van der Waals surface area contributed by atoms with E-state index in [2.05, 4.69) is 16.0 Å². The van der Waals surface area contributed by atoms with Gasteiger partial charge in [0.2, 0.25) is 0 Å². The third-order valence-electron chi connectivity index (χ3n) is 4.25. The van der Waals surface area contributed by atoms with Crippen LogP contribution in [0.25, 0.3) is 10.8 Å². The first-order valence-corrected chi connectivity index (χ1v) is 9.79. The van der Waals surface area contributed by atoms with Crippen LogP contribution in [0, 0.1) is 0 Å². The first kappa shape index (κ1) is 21.6. The third-order valence-corrected chi connectivity index (χ3v) is 4.78. The lowest BCUT2D eigenvalue weighted by Crippen LogP contribution is -2.47. The number of rotatable bonds is 5. The second-order valence-electron chi connectivity index (χ2n) is 6.29. The van der Waals surface area contributed by atoms with Crippen LogP contribution in [0.3, 0.4) is 0 Å². The fourth-order valence-electron chi connectivity index (χ4n) is 2.71. The molecule has 2 aromatic carbocycles. The Kier molecular flexibility index (Phi) is 6.59. The SMILES string of the molecule is CCn1nc(C(=O)NNC(=O)C(C)Oc2ccc(Cl)cc2Cl)c2ccccc2c1=O. The van der Waals surface area contributed by atoms with Crippen molar-refractivity contribution in [3.63, 3.8) is 0 Å². The van der Waals surface area contributed by atoms with Gasteiger partial charge in [0.1, 0.15) is 5.75 Å². The van der Waals surface area contributed by atoms with E-state index in [4.69, 9.17) is 27.9 Å². The fraction of sp³-hybridized carbons (Fsp3) is 0.200. The lowest BCUT2D eigenvalue weighted by molar-refractivity contribution is -0.128. The highest BCUT2D eigenvalue weighted by Gasteiger charge is 2.20. The molecule has 1 heterocycles. The number of aromatic nitrogens is 2. The largest absolute Gasteiger partial charge is 0.479 e. The van der Waals surface area contributed by atoms with Gasteiger partial charge in [0.05, 0.1) is 10.4 Å². The Balaban J connectivity index is 1.73. The summed E-state index contributed by atoms with van der Waals surface area (Å²) in [4.78, 5) is 37.3. The highest BCUT2D eigenvalue weighted by molar-refractivity contribution is 6.35. The van der Waals surface area contributed by atoms with Crippen molar-refractivity contribution in [2.24, 2.45) is 0 Å². The summed E-state index contributed by atoms with van der Waals surface area (Å²) in [5.41, 5.74) is 4.31. The van der Waals surface area contributed by atoms with E-state index in [0.29, 0.717) is 22.3 Å². The summed E-state index contributed by atoms with van der Waals surface area (Å²) >= 11 is 11.9. The van der Waals surface area contributed by atoms with Crippen LogP contribution < -0.4 is 21.1 Å². The number of hydrogen-bond acceptors (Lipinski definition) is 5. The molecule has 0 spiro atoms. The molecule has 10 heteroatoms. The lowest BCUT2D eigenvalue weighted by atomic mass is 10.1. The van der Waals surface area contributed by atoms with Crippen LogP contribution in [-0.2, 0) is 11.3 Å². The molecule has 0 saturated carbocycles. The van der Waals surface area contributed by atoms with Gasteiger partial charge in [-0.1, -0.05) is 41.4 Å². The van der Waals surface area contributed by atoms with Gasteiger partial charge >= 0.3 is 0 Å². The molecular weight excluding hydrogens is 431 g/mol. The molecule has 156 valence electrons. The van der Waals surface area contributed by atoms with Crippen LogP contribution in [0.4, 0.5) is 0 Å². The molecule has 2 N–H and O–H groups in total. The molecule has 0 fully saturated rings. The van der Waals surface area contributed by atoms with Crippen molar-refractivity contribution in [1.29, 1.82) is 0 Å². The molecule has 1 atom stereocenters. The maximum atomic E-state index is 12.6. The Morgan fingerprint density at radius 2 is 1.83 bits per heavy atom. The second-order valence-corrected chi connectivity index (χ2v) is 7.14. The Labute approximate surface area is 181 Å². The number of aryl methyl sites for hydroxylation is 1. The van der Waals surface area contributed by atoms with Gasteiger partial charge in [-0.05, 0) is 38.1 Å². The van der Waals surface area contributed by atoms with Crippen LogP contribution in [0.5, 0.6) is 5.75 Å². The van der Waals surface area contributed by atoms with E-state index in [0.717, 1.165) is 0 Å². The van der Waals surface area contributed by atoms with E-state index in [1.807, 2.05) is 0 Å². The normalized spacial score (nSPS) is 11.7. The molecule has 0 bridgehead atoms. The summed E-state index contributed by atoms with van der Waals surface area (Å²) in [6.07, 6.45) is -0.960. The molecule has 8 nitrogen and oxygen atoms in total. The topological polar surface area (TPSA) is 102 Å². The van der Waals surface area contributed by atoms with Gasteiger partial charge in [0.15, 0.2) is 11.8 Å². The Morgan fingerprint density at radius 3 is 2.50 bits per heavy atom. The fourth-order valence-corrected chi connectivity index (χ4v) is 3.16. The van der Waals surface area contributed by atoms with E-state index >= 15 is 0 Å². The van der Waals surface area contributed by atoms with Crippen molar-refractivity contribution in [2.75, 3.05) is 0 Å². The number of nitrogens with zero attached hydrogens (tertiary/aromatic N) is 2. The number of hydrazine groups is 1. The quantitative estimate of drug-likeness (QED) is 0.584. The molecule has 0 aliphatic heterocycles. The number of carbonyl (C=O) groups is 2. The van der Waals surface area contributed by atoms with Crippen LogP contribution >= 0.6 is 23.2 Å². The summed E-state index contributed by atoms with van der Waals surface area (Å²) in [5.74, 6) is -1.00. The van der Waals surface area contributed by atoms with Gasteiger partial charge in [-0.2, -0.15) is 5.10 Å². The number of carbonyl (C=O) groups excluding carboxylic acids is 2. The van der Waals surface area contributed by atoms with E-state index in [1.165, 1.54) is 23.7 Å². The summed E-state index contributed by atoms with van der Waals surface area (Å²) in [5, 5.41) is 5.54. The summed E-state index contributed by atoms with van der Waals surface area (Å²) in [6, 6.07) is 11.2. The van der Waals surface area contributed by atoms with Crippen LogP contribution in [0.15, 0.2) is 47.3 Å². The molecule has 30 heavy (non-hydrogen) atoms. The zero-order chi connectivity index (χ0) is 21.8. The number of fused-ring (bicyclic) bond motifs is 1. The van der Waals surface area contributed by atoms with E-state index in [1.54, 1.807) is 37.3 Å². The third kappa shape index (κ3) is 4.55. The predicted molar refractivity (Wildman–Crippen MR) is 114 cm³/mol. The number of halogens is 2. The molecule has 1 aromatic heterocycles. The van der Waals surface area contributed by atoms with Crippen molar-refractivity contribution in [3.8, 4) is 5.75 Å². The molecule has 0 radical (unpaired) electrons. The number of nitrogens with one attached hydrogen (secondary N) is 2. The van der Waals surface area contributed by atoms with Crippen molar-refractivity contribution in [3.05, 3.63) is 68.6 Å². The first-order chi connectivity index (χ1) is 14.3. The van der Waals surface area contributed by atoms with Gasteiger partial charge in [-0.25, -0.2) is 4.68 Å². The zero-order valence-corrected chi connectivity index (χ0v) is 17.6. The van der Waals surface area contributed by atoms with Gasteiger partial charge in [0.25, 0.3) is 17.4 Å². The van der Waals surface area contributed by atoms with Crippen LogP contribution in [0.1, 0.15) is 24.3 Å². The molecule has 3 aromatic rings. The number of ether oxygens (including phenoxy) is 1. The average molecular weight is 449 g/mol. The number of hydrogen-bond donors (Lipinski definition) is 2. The van der Waals surface area contributed by atoms with Crippen molar-refractivity contribution < 1.29 is 14.3 Å². The smallest absolute Gasteiger partial charge is 0.290 e. The van der Waals surface area contributed by atoms with Crippen molar-refractivity contribution in [1.82, 2.24) is 20.6 Å². The Morgan fingerprint density at radius 1 is 1.13 bits per heavy atom. The Hall–Kier alpha value is -3.10. The number of amides is 2. The Bertz CT molecular complexity index is 1180. The van der Waals surface area contributed by atoms with Crippen LogP contribution in [0.2, 0.25) is 10.0 Å². The second kappa shape index (κ2) is 9.15. The summed E-state index contributed by atoms with van der Waals surface area (Å²) < 4.78 is 6.70. The zero-order valence-electron chi connectivity index (χ0n) is 16.1. The lowest BCUT2D eigenvalue weighted by Gasteiger charge is -2.16. The summed E-state index contributed by atoms with van der Waals surface area (Å²) in [6.45, 7) is 3.54. The van der Waals surface area contributed by atoms with Gasteiger partial charge in [-0.3, -0.25) is 25.2 Å². The highest BCUT2D eigenvalue weighted by atomic mass is 35.5. The monoisotopic (exact) mass is 448 g/mol.